The van der Waals surface area contributed by atoms with Gasteiger partial charge < -0.3 is 28.9 Å². The number of quaternary nitrogens is 1. The molecule has 0 aromatic heterocycles. The molecule has 2 rings (SSSR count). The molecule has 17 heavy (non-hydrogen) atoms. The Morgan fingerprint density at radius 1 is 1.24 bits per heavy atom. The lowest BCUT2D eigenvalue weighted by Crippen LogP contribution is -3.10. The molecule has 1 aromatic carbocycles. The second-order valence-electron chi connectivity index (χ2n) is 4.12. The van der Waals surface area contributed by atoms with Crippen molar-refractivity contribution in [3.8, 4) is 0 Å². The summed E-state index contributed by atoms with van der Waals surface area (Å²) in [4.78, 5) is 3.83. The minimum atomic E-state index is 0. The summed E-state index contributed by atoms with van der Waals surface area (Å²) >= 11 is 12.2. The predicted octanol–water partition coefficient (Wildman–Crippen LogP) is -0.280. The Labute approximate surface area is 130 Å². The first-order valence-electron chi connectivity index (χ1n) is 5.71. The van der Waals surface area contributed by atoms with E-state index in [2.05, 4.69) is 25.7 Å². The number of benzene rings is 1. The van der Waals surface area contributed by atoms with Crippen molar-refractivity contribution in [2.45, 2.75) is 26.9 Å². The molecule has 0 bridgehead atoms. The number of fused-ring (bicyclic) bond motifs is 1. The van der Waals surface area contributed by atoms with Gasteiger partial charge in [-0.15, -0.1) is 0 Å². The topological polar surface area (TPSA) is 7.68 Å². The third kappa shape index (κ3) is 2.53. The average Bonchev–Trinajstić information content (AvgIpc) is 2.50. The van der Waals surface area contributed by atoms with Crippen LogP contribution in [-0.2, 0) is 0 Å². The molecule has 0 fully saturated rings. The van der Waals surface area contributed by atoms with Crippen LogP contribution in [0.2, 0.25) is 10.0 Å². The molecule has 2 nitrogen and oxygen atoms in total. The molecule has 1 heterocycles. The molecular weight excluding hydrogens is 370 g/mol. The molecule has 0 saturated heterocycles. The standard InChI is InChI=1S/C12H16Cl2N2.HI/c1-4-15-8(3)16(5-2)12-7-10(14)9(13)6-11(12)15;/h6-8H,4-5H2,1-3H3;1H. The largest absolute Gasteiger partial charge is 1.00 e. The van der Waals surface area contributed by atoms with Crippen molar-refractivity contribution >= 4 is 34.6 Å². The van der Waals surface area contributed by atoms with E-state index in [1.54, 1.807) is 0 Å². The molecule has 1 aromatic rings. The molecule has 1 aliphatic heterocycles. The molecule has 1 N–H and O–H groups in total. The lowest BCUT2D eigenvalue weighted by molar-refractivity contribution is -0.849. The van der Waals surface area contributed by atoms with E-state index in [9.17, 15) is 0 Å². The van der Waals surface area contributed by atoms with Crippen LogP contribution in [0.25, 0.3) is 0 Å². The molecule has 0 spiro atoms. The number of anilines is 1. The summed E-state index contributed by atoms with van der Waals surface area (Å²) in [6.07, 6.45) is 0.458. The van der Waals surface area contributed by atoms with E-state index in [0.717, 1.165) is 13.1 Å². The van der Waals surface area contributed by atoms with Gasteiger partial charge in [-0.05, 0) is 19.9 Å². The fourth-order valence-electron chi connectivity index (χ4n) is 2.58. The summed E-state index contributed by atoms with van der Waals surface area (Å²) in [5.41, 5.74) is 2.49. The Hall–Kier alpha value is 0.290. The SMILES string of the molecule is CCN1c2cc(Cl)c(Cl)cc2[NH+](CC)C1C.[I-]. The third-order valence-electron chi connectivity index (χ3n) is 3.39. The zero-order chi connectivity index (χ0) is 11.9. The van der Waals surface area contributed by atoms with Gasteiger partial charge in [0.25, 0.3) is 0 Å². The molecule has 0 amide bonds. The first kappa shape index (κ1) is 15.3. The van der Waals surface area contributed by atoms with E-state index in [1.807, 2.05) is 12.1 Å². The zero-order valence-electron chi connectivity index (χ0n) is 10.2. The smallest absolute Gasteiger partial charge is 0.165 e. The van der Waals surface area contributed by atoms with Crippen LogP contribution in [0.3, 0.4) is 0 Å². The van der Waals surface area contributed by atoms with Gasteiger partial charge in [-0.3, -0.25) is 4.90 Å². The summed E-state index contributed by atoms with van der Waals surface area (Å²) in [6.45, 7) is 8.65. The summed E-state index contributed by atoms with van der Waals surface area (Å²) in [6, 6.07) is 3.99. The van der Waals surface area contributed by atoms with Crippen LogP contribution in [0.15, 0.2) is 12.1 Å². The van der Waals surface area contributed by atoms with Gasteiger partial charge in [-0.1, -0.05) is 23.2 Å². The third-order valence-corrected chi connectivity index (χ3v) is 4.11. The average molecular weight is 387 g/mol. The quantitative estimate of drug-likeness (QED) is 0.687. The number of halogens is 3. The van der Waals surface area contributed by atoms with Crippen molar-refractivity contribution in [1.29, 1.82) is 0 Å². The van der Waals surface area contributed by atoms with Crippen molar-refractivity contribution in [3.63, 3.8) is 0 Å². The fourth-order valence-corrected chi connectivity index (χ4v) is 2.90. The van der Waals surface area contributed by atoms with Crippen molar-refractivity contribution < 1.29 is 28.9 Å². The highest BCUT2D eigenvalue weighted by molar-refractivity contribution is 6.42. The molecule has 5 heteroatoms. The number of hydrogen-bond acceptors (Lipinski definition) is 1. The maximum atomic E-state index is 6.09. The van der Waals surface area contributed by atoms with Crippen LogP contribution in [0.4, 0.5) is 11.4 Å². The number of nitrogens with zero attached hydrogens (tertiary/aromatic N) is 1. The van der Waals surface area contributed by atoms with Crippen molar-refractivity contribution in [1.82, 2.24) is 0 Å². The van der Waals surface area contributed by atoms with Gasteiger partial charge in [0, 0.05) is 19.5 Å². The van der Waals surface area contributed by atoms with Crippen LogP contribution < -0.4 is 33.8 Å². The van der Waals surface area contributed by atoms with Crippen molar-refractivity contribution in [2.24, 2.45) is 0 Å². The molecule has 0 saturated carbocycles. The Morgan fingerprint density at radius 2 is 1.82 bits per heavy atom. The Bertz CT molecular complexity index is 375. The second-order valence-corrected chi connectivity index (χ2v) is 4.94. The normalized spacial score (nSPS) is 22.3. The molecule has 2 unspecified atom stereocenters. The van der Waals surface area contributed by atoms with E-state index in [1.165, 1.54) is 16.3 Å². The minimum absolute atomic E-state index is 0. The van der Waals surface area contributed by atoms with Crippen molar-refractivity contribution in [3.05, 3.63) is 22.2 Å². The maximum Gasteiger partial charge on any atom is 0.165 e. The summed E-state index contributed by atoms with van der Waals surface area (Å²) in [5, 5.41) is 1.29. The van der Waals surface area contributed by atoms with E-state index in [4.69, 9.17) is 23.2 Å². The summed E-state index contributed by atoms with van der Waals surface area (Å²) < 4.78 is 0. The second kappa shape index (κ2) is 5.95. The molecular formula is C12H17Cl2IN2. The zero-order valence-corrected chi connectivity index (χ0v) is 13.9. The Balaban J connectivity index is 0.00000144. The Kier molecular flexibility index (Phi) is 5.38. The molecule has 0 aliphatic carbocycles. The van der Waals surface area contributed by atoms with Crippen LogP contribution in [-0.4, -0.2) is 19.3 Å². The van der Waals surface area contributed by atoms with Crippen LogP contribution in [0, 0.1) is 0 Å². The summed E-state index contributed by atoms with van der Waals surface area (Å²) in [5.74, 6) is 0. The van der Waals surface area contributed by atoms with Gasteiger partial charge in [0.05, 0.1) is 16.6 Å². The highest BCUT2D eigenvalue weighted by Crippen LogP contribution is 2.36. The van der Waals surface area contributed by atoms with Crippen LogP contribution in [0.5, 0.6) is 0 Å². The first-order valence-corrected chi connectivity index (χ1v) is 6.47. The molecule has 1 aliphatic rings. The molecule has 96 valence electrons. The lowest BCUT2D eigenvalue weighted by atomic mass is 10.2. The van der Waals surface area contributed by atoms with Crippen molar-refractivity contribution in [2.75, 3.05) is 18.0 Å². The van der Waals surface area contributed by atoms with Gasteiger partial charge in [0.15, 0.2) is 11.9 Å². The van der Waals surface area contributed by atoms with Crippen LogP contribution in [0.1, 0.15) is 20.8 Å². The molecule has 0 radical (unpaired) electrons. The maximum absolute atomic E-state index is 6.09. The predicted molar refractivity (Wildman–Crippen MR) is 70.1 cm³/mol. The van der Waals surface area contributed by atoms with Gasteiger partial charge in [0.2, 0.25) is 0 Å². The number of hydrogen-bond donors (Lipinski definition) is 1. The van der Waals surface area contributed by atoms with Gasteiger partial charge in [0.1, 0.15) is 5.69 Å². The lowest BCUT2D eigenvalue weighted by Gasteiger charge is -2.23. The van der Waals surface area contributed by atoms with E-state index < -0.39 is 0 Å². The Morgan fingerprint density at radius 3 is 2.35 bits per heavy atom. The first-order chi connectivity index (χ1) is 7.60. The van der Waals surface area contributed by atoms with E-state index in [-0.39, 0.29) is 24.0 Å². The van der Waals surface area contributed by atoms with E-state index in [0.29, 0.717) is 16.2 Å². The minimum Gasteiger partial charge on any atom is -1.00 e. The fraction of sp³-hybridized carbons (Fsp3) is 0.500. The molecule has 2 atom stereocenters. The van der Waals surface area contributed by atoms with Gasteiger partial charge >= 0.3 is 0 Å². The van der Waals surface area contributed by atoms with Gasteiger partial charge in [-0.25, -0.2) is 0 Å². The monoisotopic (exact) mass is 386 g/mol. The van der Waals surface area contributed by atoms with Crippen LogP contribution >= 0.6 is 23.2 Å². The highest BCUT2D eigenvalue weighted by Gasteiger charge is 2.36. The number of rotatable bonds is 2. The highest BCUT2D eigenvalue weighted by atomic mass is 127. The summed E-state index contributed by atoms with van der Waals surface area (Å²) in [7, 11) is 0. The number of nitrogens with one attached hydrogen (secondary N) is 1. The van der Waals surface area contributed by atoms with Gasteiger partial charge in [-0.2, -0.15) is 0 Å². The van der Waals surface area contributed by atoms with E-state index >= 15 is 0 Å².